The molecule has 0 radical (unpaired) electrons. The zero-order chi connectivity index (χ0) is 24.1. The van der Waals surface area contributed by atoms with E-state index in [2.05, 4.69) is 0 Å². The van der Waals surface area contributed by atoms with Crippen molar-refractivity contribution < 1.29 is 28.5 Å². The van der Waals surface area contributed by atoms with Crippen molar-refractivity contribution in [2.45, 2.75) is 32.5 Å². The molecule has 0 saturated heterocycles. The maximum absolute atomic E-state index is 12.9. The van der Waals surface area contributed by atoms with Crippen molar-refractivity contribution in [1.29, 1.82) is 0 Å². The summed E-state index contributed by atoms with van der Waals surface area (Å²) in [6, 6.07) is 10.3. The van der Waals surface area contributed by atoms with Crippen LogP contribution in [0.1, 0.15) is 25.3 Å². The van der Waals surface area contributed by atoms with Gasteiger partial charge in [0.2, 0.25) is 0 Å². The number of rotatable bonds is 12. The van der Waals surface area contributed by atoms with E-state index in [-0.39, 0.29) is 23.5 Å². The fourth-order valence-electron chi connectivity index (χ4n) is 3.95. The minimum Gasteiger partial charge on any atom is -0.506 e. The van der Waals surface area contributed by atoms with Crippen molar-refractivity contribution >= 4 is 16.7 Å². The Kier molecular flexibility index (Phi) is 7.72. The Balaban J connectivity index is 1.69. The first kappa shape index (κ1) is 24.1. The Hall–Kier alpha value is -3.07. The van der Waals surface area contributed by atoms with Crippen LogP contribution < -0.4 is 16.1 Å². The van der Waals surface area contributed by atoms with Crippen molar-refractivity contribution in [3.63, 3.8) is 0 Å². The third-order valence-corrected chi connectivity index (χ3v) is 5.75. The highest BCUT2D eigenvalue weighted by Crippen LogP contribution is 2.41. The number of hydrogen-bond donors (Lipinski definition) is 2. The summed E-state index contributed by atoms with van der Waals surface area (Å²) in [7, 11) is 1.60. The standard InChI is InChI=1S/C26H31NO7/c1-3-31-22(32-10-9-30-2)15-33-20-13-18(11-16-7-8-16)23-21(14-20)34-26(29)24(25(23)28)17-5-4-6-19(27)12-17/h4-6,12-14,16,22,28H,3,7-11,15,27H2,1-2H3. The van der Waals surface area contributed by atoms with Gasteiger partial charge in [0, 0.05) is 25.5 Å². The molecule has 1 aliphatic carbocycles. The minimum atomic E-state index is -0.639. The number of benzene rings is 2. The highest BCUT2D eigenvalue weighted by molar-refractivity contribution is 5.94. The van der Waals surface area contributed by atoms with Gasteiger partial charge in [0.05, 0.1) is 18.6 Å². The van der Waals surface area contributed by atoms with Gasteiger partial charge in [-0.05, 0) is 61.4 Å². The maximum atomic E-state index is 12.9. The molecule has 0 spiro atoms. The molecule has 1 heterocycles. The van der Waals surface area contributed by atoms with Gasteiger partial charge in [-0.3, -0.25) is 0 Å². The van der Waals surface area contributed by atoms with Crippen molar-refractivity contribution in [2.75, 3.05) is 39.3 Å². The van der Waals surface area contributed by atoms with Gasteiger partial charge in [-0.15, -0.1) is 0 Å². The number of nitrogen functional groups attached to an aromatic ring is 1. The van der Waals surface area contributed by atoms with E-state index in [1.165, 1.54) is 0 Å². The molecule has 1 saturated carbocycles. The lowest BCUT2D eigenvalue weighted by Gasteiger charge is -2.19. The van der Waals surface area contributed by atoms with Crippen molar-refractivity contribution in [1.82, 2.24) is 0 Å². The molecule has 2 aromatic carbocycles. The summed E-state index contributed by atoms with van der Waals surface area (Å²) >= 11 is 0. The third-order valence-electron chi connectivity index (χ3n) is 5.75. The van der Waals surface area contributed by atoms with Gasteiger partial charge in [-0.25, -0.2) is 4.79 Å². The van der Waals surface area contributed by atoms with E-state index >= 15 is 0 Å². The van der Waals surface area contributed by atoms with Crippen LogP contribution in [0.5, 0.6) is 11.5 Å². The minimum absolute atomic E-state index is 0.103. The SMILES string of the molecule is CCOC(COc1cc(CC2CC2)c2c(O)c(-c3cccc(N)c3)c(=O)oc2c1)OCCOC. The molecule has 1 atom stereocenters. The lowest BCUT2D eigenvalue weighted by Crippen LogP contribution is -2.26. The maximum Gasteiger partial charge on any atom is 0.347 e. The predicted molar refractivity (Wildman–Crippen MR) is 129 cm³/mol. The van der Waals surface area contributed by atoms with E-state index in [4.69, 9.17) is 29.1 Å². The normalized spacial score (nSPS) is 14.4. The Labute approximate surface area is 198 Å². The summed E-state index contributed by atoms with van der Waals surface area (Å²) < 4.78 is 27.9. The fraction of sp³-hybridized carbons (Fsp3) is 0.423. The molecule has 0 aliphatic heterocycles. The number of fused-ring (bicyclic) bond motifs is 1. The van der Waals surface area contributed by atoms with Gasteiger partial charge in [0.1, 0.15) is 29.3 Å². The number of hydrogen-bond acceptors (Lipinski definition) is 8. The quantitative estimate of drug-likeness (QED) is 0.176. The summed E-state index contributed by atoms with van der Waals surface area (Å²) in [5, 5.41) is 11.7. The second-order valence-electron chi connectivity index (χ2n) is 8.40. The molecule has 8 heteroatoms. The Morgan fingerprint density at radius 1 is 1.18 bits per heavy atom. The van der Waals surface area contributed by atoms with Crippen LogP contribution in [-0.4, -0.2) is 44.9 Å². The van der Waals surface area contributed by atoms with Crippen LogP contribution in [0.25, 0.3) is 22.1 Å². The number of ether oxygens (including phenoxy) is 4. The Morgan fingerprint density at radius 3 is 2.71 bits per heavy atom. The summed E-state index contributed by atoms with van der Waals surface area (Å²) in [6.07, 6.45) is 2.46. The molecule has 0 bridgehead atoms. The second kappa shape index (κ2) is 10.9. The topological polar surface area (TPSA) is 113 Å². The molecule has 1 fully saturated rings. The average molecular weight is 470 g/mol. The predicted octanol–water partition coefficient (Wildman–Crippen LogP) is 4.10. The molecule has 0 amide bonds. The van der Waals surface area contributed by atoms with Crippen molar-refractivity contribution in [2.24, 2.45) is 5.92 Å². The lowest BCUT2D eigenvalue weighted by molar-refractivity contribution is -0.161. The largest absolute Gasteiger partial charge is 0.506 e. The second-order valence-corrected chi connectivity index (χ2v) is 8.40. The van der Waals surface area contributed by atoms with Crippen LogP contribution in [0.3, 0.4) is 0 Å². The first-order chi connectivity index (χ1) is 16.5. The smallest absolute Gasteiger partial charge is 0.347 e. The molecule has 1 aromatic heterocycles. The first-order valence-corrected chi connectivity index (χ1v) is 11.5. The average Bonchev–Trinajstić information content (AvgIpc) is 3.61. The van der Waals surface area contributed by atoms with Gasteiger partial charge < -0.3 is 34.2 Å². The van der Waals surface area contributed by atoms with E-state index in [0.29, 0.717) is 48.1 Å². The van der Waals surface area contributed by atoms with Gasteiger partial charge in [-0.2, -0.15) is 0 Å². The van der Waals surface area contributed by atoms with Gasteiger partial charge >= 0.3 is 5.63 Å². The van der Waals surface area contributed by atoms with Crippen molar-refractivity contribution in [3.8, 4) is 22.6 Å². The number of aromatic hydroxyl groups is 1. The molecule has 1 unspecified atom stereocenters. The van der Waals surface area contributed by atoms with Gasteiger partial charge in [0.15, 0.2) is 6.29 Å². The van der Waals surface area contributed by atoms with Crippen LogP contribution in [0.15, 0.2) is 45.6 Å². The zero-order valence-electron chi connectivity index (χ0n) is 19.5. The van der Waals surface area contributed by atoms with E-state index in [1.54, 1.807) is 37.4 Å². The molecular formula is C26H31NO7. The van der Waals surface area contributed by atoms with Crippen LogP contribution in [0.2, 0.25) is 0 Å². The third kappa shape index (κ3) is 5.70. The Bertz CT molecular complexity index is 1190. The molecule has 4 rings (SSSR count). The monoisotopic (exact) mass is 469 g/mol. The highest BCUT2D eigenvalue weighted by Gasteiger charge is 2.26. The fourth-order valence-corrected chi connectivity index (χ4v) is 3.95. The Morgan fingerprint density at radius 2 is 2.00 bits per heavy atom. The lowest BCUT2D eigenvalue weighted by atomic mass is 9.98. The van der Waals surface area contributed by atoms with Crippen LogP contribution in [0, 0.1) is 5.92 Å². The molecule has 8 nitrogen and oxygen atoms in total. The summed E-state index contributed by atoms with van der Waals surface area (Å²) in [6.45, 7) is 3.34. The number of nitrogens with two attached hydrogens (primary N) is 1. The zero-order valence-corrected chi connectivity index (χ0v) is 19.5. The number of methoxy groups -OCH3 is 1. The molecule has 34 heavy (non-hydrogen) atoms. The molecule has 3 aromatic rings. The molecular weight excluding hydrogens is 438 g/mol. The number of anilines is 1. The van der Waals surface area contributed by atoms with Gasteiger partial charge in [0.25, 0.3) is 0 Å². The van der Waals surface area contributed by atoms with Crippen LogP contribution in [0.4, 0.5) is 5.69 Å². The summed E-state index contributed by atoms with van der Waals surface area (Å²) in [4.78, 5) is 12.9. The summed E-state index contributed by atoms with van der Waals surface area (Å²) in [5.41, 5.74) is 7.51. The summed E-state index contributed by atoms with van der Waals surface area (Å²) in [5.74, 6) is 0.950. The highest BCUT2D eigenvalue weighted by atomic mass is 16.7. The molecule has 1 aliphatic rings. The van der Waals surface area contributed by atoms with Crippen LogP contribution >= 0.6 is 0 Å². The van der Waals surface area contributed by atoms with Gasteiger partial charge in [-0.1, -0.05) is 12.1 Å². The van der Waals surface area contributed by atoms with E-state index in [0.717, 1.165) is 24.8 Å². The van der Waals surface area contributed by atoms with E-state index < -0.39 is 11.9 Å². The van der Waals surface area contributed by atoms with E-state index in [9.17, 15) is 9.90 Å². The molecule has 182 valence electrons. The van der Waals surface area contributed by atoms with Crippen molar-refractivity contribution in [3.05, 3.63) is 52.4 Å². The van der Waals surface area contributed by atoms with Crippen LogP contribution in [-0.2, 0) is 20.6 Å². The van der Waals surface area contributed by atoms with E-state index in [1.807, 2.05) is 13.0 Å². The first-order valence-electron chi connectivity index (χ1n) is 11.5. The molecule has 3 N–H and O–H groups in total.